The Morgan fingerprint density at radius 2 is 2.06 bits per heavy atom. The Bertz CT molecular complexity index is 623. The van der Waals surface area contributed by atoms with E-state index in [1.54, 1.807) is 23.9 Å². The van der Waals surface area contributed by atoms with Gasteiger partial charge >= 0.3 is 0 Å². The van der Waals surface area contributed by atoms with Crippen LogP contribution in [0.2, 0.25) is 0 Å². The summed E-state index contributed by atoms with van der Waals surface area (Å²) in [6.45, 7) is 0.473. The van der Waals surface area contributed by atoms with Crippen molar-refractivity contribution in [1.82, 2.24) is 4.57 Å². The van der Waals surface area contributed by atoms with Gasteiger partial charge in [-0.05, 0) is 46.3 Å². The Morgan fingerprint density at radius 3 is 2.78 bits per heavy atom. The molecule has 0 amide bonds. The van der Waals surface area contributed by atoms with Gasteiger partial charge in [0.15, 0.2) is 0 Å². The predicted molar refractivity (Wildman–Crippen MR) is 78.2 cm³/mol. The topological polar surface area (TPSA) is 31.2 Å². The molecule has 0 radical (unpaired) electrons. The van der Waals surface area contributed by atoms with Crippen LogP contribution in [-0.4, -0.2) is 11.7 Å². The van der Waals surface area contributed by atoms with Gasteiger partial charge < -0.3 is 9.30 Å². The molecule has 0 aliphatic rings. The molecule has 0 saturated carbocycles. The maximum atomic E-state index is 11.9. The quantitative estimate of drug-likeness (QED) is 0.826. The molecule has 0 saturated heterocycles. The molecule has 1 heterocycles. The zero-order valence-corrected chi connectivity index (χ0v) is 12.9. The van der Waals surface area contributed by atoms with Gasteiger partial charge in [0.25, 0.3) is 5.56 Å². The molecule has 18 heavy (non-hydrogen) atoms. The molecule has 0 aliphatic heterocycles. The number of methoxy groups -OCH3 is 1. The van der Waals surface area contributed by atoms with Crippen LogP contribution < -0.4 is 10.3 Å². The lowest BCUT2D eigenvalue weighted by Crippen LogP contribution is -2.20. The molecular weight excluding hydrogens is 362 g/mol. The summed E-state index contributed by atoms with van der Waals surface area (Å²) in [4.78, 5) is 11.9. The predicted octanol–water partition coefficient (Wildman–Crippen LogP) is 3.43. The molecule has 3 nitrogen and oxygen atoms in total. The van der Waals surface area contributed by atoms with E-state index < -0.39 is 0 Å². The molecule has 2 aromatic rings. The summed E-state index contributed by atoms with van der Waals surface area (Å²) in [5.41, 5.74) is 0.895. The van der Waals surface area contributed by atoms with Crippen LogP contribution >= 0.6 is 31.9 Å². The highest BCUT2D eigenvalue weighted by atomic mass is 79.9. The molecule has 94 valence electrons. The summed E-state index contributed by atoms with van der Waals surface area (Å²) in [6, 6.07) is 9.30. The Morgan fingerprint density at radius 1 is 1.28 bits per heavy atom. The van der Waals surface area contributed by atoms with Crippen molar-refractivity contribution in [2.75, 3.05) is 7.11 Å². The Hall–Kier alpha value is -1.07. The monoisotopic (exact) mass is 371 g/mol. The number of hydrogen-bond acceptors (Lipinski definition) is 2. The smallest absolute Gasteiger partial charge is 0.265 e. The summed E-state index contributed by atoms with van der Waals surface area (Å²) in [7, 11) is 1.62. The standard InChI is InChI=1S/C13H11Br2NO2/c1-18-12-5-4-10(14)7-9(12)8-16-6-2-3-11(15)13(16)17/h2-7H,8H2,1H3. The molecule has 0 spiro atoms. The fourth-order valence-electron chi connectivity index (χ4n) is 1.69. The van der Waals surface area contributed by atoms with Gasteiger partial charge in [0.05, 0.1) is 18.1 Å². The minimum absolute atomic E-state index is 0.0560. The Kier molecular flexibility index (Phi) is 4.24. The first-order valence-electron chi connectivity index (χ1n) is 5.29. The third-order valence-corrected chi connectivity index (χ3v) is 3.65. The van der Waals surface area contributed by atoms with E-state index in [-0.39, 0.29) is 5.56 Å². The average molecular weight is 373 g/mol. The van der Waals surface area contributed by atoms with Crippen LogP contribution in [0.5, 0.6) is 5.75 Å². The largest absolute Gasteiger partial charge is 0.496 e. The van der Waals surface area contributed by atoms with Crippen molar-refractivity contribution in [3.05, 3.63) is 61.4 Å². The van der Waals surface area contributed by atoms with E-state index in [9.17, 15) is 4.79 Å². The number of aromatic nitrogens is 1. The van der Waals surface area contributed by atoms with Crippen molar-refractivity contribution in [3.63, 3.8) is 0 Å². The minimum Gasteiger partial charge on any atom is -0.496 e. The first-order valence-corrected chi connectivity index (χ1v) is 6.88. The third kappa shape index (κ3) is 2.84. The van der Waals surface area contributed by atoms with E-state index in [4.69, 9.17) is 4.74 Å². The van der Waals surface area contributed by atoms with Crippen LogP contribution in [-0.2, 0) is 6.54 Å². The fraction of sp³-hybridized carbons (Fsp3) is 0.154. The van der Waals surface area contributed by atoms with E-state index in [1.165, 1.54) is 0 Å². The molecule has 1 aromatic carbocycles. The van der Waals surface area contributed by atoms with Crippen molar-refractivity contribution < 1.29 is 4.74 Å². The van der Waals surface area contributed by atoms with E-state index in [1.807, 2.05) is 24.3 Å². The fourth-order valence-corrected chi connectivity index (χ4v) is 2.48. The van der Waals surface area contributed by atoms with E-state index in [0.717, 1.165) is 15.8 Å². The summed E-state index contributed by atoms with van der Waals surface area (Å²) >= 11 is 6.66. The lowest BCUT2D eigenvalue weighted by atomic mass is 10.2. The molecule has 0 fully saturated rings. The lowest BCUT2D eigenvalue weighted by Gasteiger charge is -2.11. The van der Waals surface area contributed by atoms with Crippen LogP contribution in [0, 0.1) is 0 Å². The molecule has 0 aliphatic carbocycles. The second-order valence-corrected chi connectivity index (χ2v) is 5.52. The van der Waals surface area contributed by atoms with Gasteiger partial charge in [-0.1, -0.05) is 15.9 Å². The average Bonchev–Trinajstić information content (AvgIpc) is 2.35. The number of hydrogen-bond donors (Lipinski definition) is 0. The van der Waals surface area contributed by atoms with Crippen molar-refractivity contribution in [2.45, 2.75) is 6.54 Å². The summed E-state index contributed by atoms with van der Waals surface area (Å²) in [5.74, 6) is 0.769. The summed E-state index contributed by atoms with van der Waals surface area (Å²) in [5, 5.41) is 0. The number of halogens is 2. The van der Waals surface area contributed by atoms with Crippen molar-refractivity contribution in [2.24, 2.45) is 0 Å². The number of rotatable bonds is 3. The van der Waals surface area contributed by atoms with Gasteiger partial charge in [-0.15, -0.1) is 0 Å². The molecule has 5 heteroatoms. The van der Waals surface area contributed by atoms with E-state index in [2.05, 4.69) is 31.9 Å². The van der Waals surface area contributed by atoms with Crippen LogP contribution in [0.4, 0.5) is 0 Å². The number of nitrogens with zero attached hydrogens (tertiary/aromatic N) is 1. The third-order valence-electron chi connectivity index (χ3n) is 2.56. The molecular formula is C13H11Br2NO2. The first kappa shape index (κ1) is 13.4. The molecule has 0 unspecified atom stereocenters. The molecule has 0 N–H and O–H groups in total. The van der Waals surface area contributed by atoms with Gasteiger partial charge in [-0.2, -0.15) is 0 Å². The highest BCUT2D eigenvalue weighted by Crippen LogP contribution is 2.23. The van der Waals surface area contributed by atoms with Gasteiger partial charge in [-0.25, -0.2) is 0 Å². The second kappa shape index (κ2) is 5.71. The maximum Gasteiger partial charge on any atom is 0.265 e. The van der Waals surface area contributed by atoms with Crippen molar-refractivity contribution in [1.29, 1.82) is 0 Å². The molecule has 0 atom stereocenters. The van der Waals surface area contributed by atoms with Gasteiger partial charge in [0, 0.05) is 16.2 Å². The normalized spacial score (nSPS) is 10.4. The van der Waals surface area contributed by atoms with Crippen molar-refractivity contribution >= 4 is 31.9 Å². The summed E-state index contributed by atoms with van der Waals surface area (Å²) < 4.78 is 8.44. The molecule has 1 aromatic heterocycles. The van der Waals surface area contributed by atoms with Crippen molar-refractivity contribution in [3.8, 4) is 5.75 Å². The maximum absolute atomic E-state index is 11.9. The first-order chi connectivity index (χ1) is 8.61. The number of benzene rings is 1. The van der Waals surface area contributed by atoms with Gasteiger partial charge in [0.1, 0.15) is 5.75 Å². The zero-order chi connectivity index (χ0) is 13.1. The zero-order valence-electron chi connectivity index (χ0n) is 9.69. The summed E-state index contributed by atoms with van der Waals surface area (Å²) in [6.07, 6.45) is 1.76. The Balaban J connectivity index is 2.42. The highest BCUT2D eigenvalue weighted by Gasteiger charge is 2.06. The van der Waals surface area contributed by atoms with Crippen LogP contribution in [0.3, 0.4) is 0 Å². The van der Waals surface area contributed by atoms with E-state index >= 15 is 0 Å². The minimum atomic E-state index is -0.0560. The Labute approximate surface area is 122 Å². The molecule has 2 rings (SSSR count). The van der Waals surface area contributed by atoms with Gasteiger partial charge in [-0.3, -0.25) is 4.79 Å². The van der Waals surface area contributed by atoms with Gasteiger partial charge in [0.2, 0.25) is 0 Å². The van der Waals surface area contributed by atoms with E-state index in [0.29, 0.717) is 11.0 Å². The SMILES string of the molecule is COc1ccc(Br)cc1Cn1cccc(Br)c1=O. The number of pyridine rings is 1. The lowest BCUT2D eigenvalue weighted by molar-refractivity contribution is 0.408. The number of ether oxygens (including phenoxy) is 1. The van der Waals surface area contributed by atoms with Crippen LogP contribution in [0.15, 0.2) is 50.3 Å². The molecule has 0 bridgehead atoms. The van der Waals surface area contributed by atoms with Crippen LogP contribution in [0.1, 0.15) is 5.56 Å². The highest BCUT2D eigenvalue weighted by molar-refractivity contribution is 9.10. The second-order valence-electron chi connectivity index (χ2n) is 3.75. The van der Waals surface area contributed by atoms with Crippen LogP contribution in [0.25, 0.3) is 0 Å².